The van der Waals surface area contributed by atoms with Crippen LogP contribution in [-0.4, -0.2) is 90.5 Å². The molecule has 0 saturated carbocycles. The third-order valence-corrected chi connectivity index (χ3v) is 6.51. The maximum atomic E-state index is 11.5. The van der Waals surface area contributed by atoms with Crippen LogP contribution < -0.4 is 19.5 Å². The number of piperazine rings is 1. The van der Waals surface area contributed by atoms with Gasteiger partial charge < -0.3 is 19.7 Å². The predicted molar refractivity (Wildman–Crippen MR) is 120 cm³/mol. The van der Waals surface area contributed by atoms with E-state index in [0.29, 0.717) is 19.5 Å². The van der Waals surface area contributed by atoms with Crippen LogP contribution >= 0.6 is 0 Å². The first-order valence-electron chi connectivity index (χ1n) is 10.3. The molecule has 10 heteroatoms. The monoisotopic (exact) mass is 441 g/mol. The number of nitrogens with one attached hydrogen (secondary N) is 2. The Hall–Kier alpha value is -2.04. The van der Waals surface area contributed by atoms with Crippen molar-refractivity contribution in [2.75, 3.05) is 66.3 Å². The molecule has 0 atom stereocenters. The second-order valence-corrected chi connectivity index (χ2v) is 9.16. The van der Waals surface area contributed by atoms with E-state index in [-0.39, 0.29) is 5.75 Å². The van der Waals surface area contributed by atoms with Gasteiger partial charge in [-0.15, -0.1) is 0 Å². The Balaban J connectivity index is 1.79. The van der Waals surface area contributed by atoms with Gasteiger partial charge in [-0.1, -0.05) is 0 Å². The highest BCUT2D eigenvalue weighted by Gasteiger charge is 2.20. The normalized spacial score (nSPS) is 15.9. The minimum Gasteiger partial charge on any atom is -0.497 e. The van der Waals surface area contributed by atoms with Crippen molar-refractivity contribution in [3.8, 4) is 11.5 Å². The van der Waals surface area contributed by atoms with Crippen molar-refractivity contribution in [1.82, 2.24) is 19.8 Å². The fraction of sp³-hybridized carbons (Fsp3) is 0.650. The van der Waals surface area contributed by atoms with Crippen LogP contribution in [0.1, 0.15) is 18.9 Å². The fourth-order valence-electron chi connectivity index (χ4n) is 3.31. The predicted octanol–water partition coefficient (Wildman–Crippen LogP) is 0.726. The van der Waals surface area contributed by atoms with Crippen LogP contribution in [0.15, 0.2) is 23.2 Å². The lowest BCUT2D eigenvalue weighted by Gasteiger charge is -2.36. The summed E-state index contributed by atoms with van der Waals surface area (Å²) in [5.41, 5.74) is 1.11. The first kappa shape index (κ1) is 24.2. The Labute approximate surface area is 180 Å². The minimum atomic E-state index is -3.13. The van der Waals surface area contributed by atoms with Gasteiger partial charge in [0, 0.05) is 58.4 Å². The third-order valence-electron chi connectivity index (χ3n) is 5.10. The molecule has 2 rings (SSSR count). The lowest BCUT2D eigenvalue weighted by Crippen LogP contribution is -2.52. The van der Waals surface area contributed by atoms with Crippen molar-refractivity contribution < 1.29 is 17.9 Å². The van der Waals surface area contributed by atoms with Crippen LogP contribution in [0.4, 0.5) is 0 Å². The van der Waals surface area contributed by atoms with Crippen molar-refractivity contribution in [1.29, 1.82) is 0 Å². The number of nitrogens with zero attached hydrogens (tertiary/aromatic N) is 3. The number of hydrogen-bond acceptors (Lipinski definition) is 6. The largest absolute Gasteiger partial charge is 0.497 e. The average Bonchev–Trinajstić information content (AvgIpc) is 2.77. The van der Waals surface area contributed by atoms with Crippen molar-refractivity contribution in [2.24, 2.45) is 4.99 Å². The highest BCUT2D eigenvalue weighted by molar-refractivity contribution is 7.89. The van der Waals surface area contributed by atoms with Crippen molar-refractivity contribution in [3.05, 3.63) is 23.8 Å². The van der Waals surface area contributed by atoms with Gasteiger partial charge in [-0.2, -0.15) is 0 Å². The van der Waals surface area contributed by atoms with Gasteiger partial charge in [0.1, 0.15) is 11.5 Å². The molecular weight excluding hydrogens is 406 g/mol. The summed E-state index contributed by atoms with van der Waals surface area (Å²) in [6.07, 6.45) is 0.702. The fourth-order valence-corrected chi connectivity index (χ4v) is 3.97. The number of benzene rings is 1. The second-order valence-electron chi connectivity index (χ2n) is 7.07. The molecule has 0 radical (unpaired) electrons. The Bertz CT molecular complexity index is 792. The number of hydrogen-bond donors (Lipinski definition) is 2. The third kappa shape index (κ3) is 7.33. The van der Waals surface area contributed by atoms with Gasteiger partial charge in [0.2, 0.25) is 10.0 Å². The lowest BCUT2D eigenvalue weighted by molar-refractivity contribution is 0.171. The molecule has 0 aromatic heterocycles. The topological polar surface area (TPSA) is 95.5 Å². The van der Waals surface area contributed by atoms with Gasteiger partial charge in [0.25, 0.3) is 0 Å². The molecule has 0 spiro atoms. The number of methoxy groups -OCH3 is 2. The summed E-state index contributed by atoms with van der Waals surface area (Å²) in [4.78, 5) is 8.99. The highest BCUT2D eigenvalue weighted by atomic mass is 32.2. The van der Waals surface area contributed by atoms with E-state index in [4.69, 9.17) is 9.47 Å². The SMILES string of the molecule is CCS(=O)(=O)NCCCNC(=NC)N1CCN(Cc2cc(OC)ccc2OC)CC1. The molecule has 2 N–H and O–H groups in total. The summed E-state index contributed by atoms with van der Waals surface area (Å²) < 4.78 is 36.3. The summed E-state index contributed by atoms with van der Waals surface area (Å²) >= 11 is 0. The number of guanidine groups is 1. The maximum absolute atomic E-state index is 11.5. The summed E-state index contributed by atoms with van der Waals surface area (Å²) in [7, 11) is 2.00. The molecule has 0 aliphatic carbocycles. The molecule has 1 heterocycles. The number of ether oxygens (including phenoxy) is 2. The van der Waals surface area contributed by atoms with E-state index < -0.39 is 10.0 Å². The lowest BCUT2D eigenvalue weighted by atomic mass is 10.1. The summed E-state index contributed by atoms with van der Waals surface area (Å²) in [6.45, 7) is 7.10. The van der Waals surface area contributed by atoms with Crippen LogP contribution in [0.25, 0.3) is 0 Å². The Morgan fingerprint density at radius 2 is 1.87 bits per heavy atom. The van der Waals surface area contributed by atoms with Crippen molar-refractivity contribution >= 4 is 16.0 Å². The van der Waals surface area contributed by atoms with Crippen LogP contribution in [0.3, 0.4) is 0 Å². The number of sulfonamides is 1. The molecular formula is C20H35N5O4S. The Kier molecular flexibility index (Phi) is 9.67. The van der Waals surface area contributed by atoms with Gasteiger partial charge in [-0.05, 0) is 31.5 Å². The summed E-state index contributed by atoms with van der Waals surface area (Å²) in [5.74, 6) is 2.66. The molecule has 1 aliphatic heterocycles. The van der Waals surface area contributed by atoms with Gasteiger partial charge in [0.15, 0.2) is 5.96 Å². The zero-order chi connectivity index (χ0) is 22.0. The average molecular weight is 442 g/mol. The molecule has 1 saturated heterocycles. The highest BCUT2D eigenvalue weighted by Crippen LogP contribution is 2.25. The van der Waals surface area contributed by atoms with E-state index in [1.54, 1.807) is 28.2 Å². The molecule has 0 unspecified atom stereocenters. The van der Waals surface area contributed by atoms with Crippen molar-refractivity contribution in [2.45, 2.75) is 19.9 Å². The molecule has 9 nitrogen and oxygen atoms in total. The zero-order valence-corrected chi connectivity index (χ0v) is 19.3. The van der Waals surface area contributed by atoms with Crippen LogP contribution in [-0.2, 0) is 16.6 Å². The van der Waals surface area contributed by atoms with E-state index in [0.717, 1.165) is 55.7 Å². The van der Waals surface area contributed by atoms with E-state index in [9.17, 15) is 8.42 Å². The van der Waals surface area contributed by atoms with Gasteiger partial charge in [-0.3, -0.25) is 9.89 Å². The molecule has 1 fully saturated rings. The smallest absolute Gasteiger partial charge is 0.211 e. The molecule has 0 amide bonds. The molecule has 1 aromatic carbocycles. The van der Waals surface area contributed by atoms with E-state index in [1.165, 1.54) is 0 Å². The molecule has 170 valence electrons. The van der Waals surface area contributed by atoms with Crippen LogP contribution in [0, 0.1) is 0 Å². The van der Waals surface area contributed by atoms with Crippen molar-refractivity contribution in [3.63, 3.8) is 0 Å². The molecule has 1 aliphatic rings. The van der Waals surface area contributed by atoms with Gasteiger partial charge in [0.05, 0.1) is 20.0 Å². The van der Waals surface area contributed by atoms with Gasteiger partial charge >= 0.3 is 0 Å². The Morgan fingerprint density at radius 1 is 1.13 bits per heavy atom. The zero-order valence-electron chi connectivity index (χ0n) is 18.5. The first-order valence-corrected chi connectivity index (χ1v) is 11.9. The first-order chi connectivity index (χ1) is 14.4. The molecule has 1 aromatic rings. The number of aliphatic imine (C=N–C) groups is 1. The Morgan fingerprint density at radius 3 is 2.47 bits per heavy atom. The summed E-state index contributed by atoms with van der Waals surface area (Å²) in [5, 5.41) is 3.33. The van der Waals surface area contributed by atoms with E-state index >= 15 is 0 Å². The summed E-state index contributed by atoms with van der Waals surface area (Å²) in [6, 6.07) is 5.87. The maximum Gasteiger partial charge on any atom is 0.211 e. The van der Waals surface area contributed by atoms with E-state index in [2.05, 4.69) is 24.8 Å². The number of rotatable bonds is 10. The second kappa shape index (κ2) is 12.0. The standard InChI is InChI=1S/C20H35N5O4S/c1-5-30(26,27)23-10-6-9-22-20(21-2)25-13-11-24(12-14-25)16-17-15-18(28-3)7-8-19(17)29-4/h7-8,15,23H,5-6,9-14,16H2,1-4H3,(H,21,22). The van der Waals surface area contributed by atoms with Crippen LogP contribution in [0.5, 0.6) is 11.5 Å². The van der Waals surface area contributed by atoms with Gasteiger partial charge in [-0.25, -0.2) is 13.1 Å². The molecule has 0 bridgehead atoms. The van der Waals surface area contributed by atoms with E-state index in [1.807, 2.05) is 18.2 Å². The minimum absolute atomic E-state index is 0.105. The molecule has 30 heavy (non-hydrogen) atoms. The van der Waals surface area contributed by atoms with Crippen LogP contribution in [0.2, 0.25) is 0 Å². The quantitative estimate of drug-likeness (QED) is 0.314.